The molecule has 1 aromatic heterocycles. The molecule has 7 nitrogen and oxygen atoms in total. The number of methoxy groups -OCH3 is 1. The van der Waals surface area contributed by atoms with Crippen LogP contribution in [0, 0.1) is 13.8 Å². The maximum Gasteiger partial charge on any atom is 0.290 e. The van der Waals surface area contributed by atoms with Gasteiger partial charge in [-0.3, -0.25) is 9.59 Å². The molecule has 0 radical (unpaired) electrons. The van der Waals surface area contributed by atoms with Crippen LogP contribution in [-0.4, -0.2) is 44.3 Å². The summed E-state index contributed by atoms with van der Waals surface area (Å²) in [6, 6.07) is 8.46. The van der Waals surface area contributed by atoms with Crippen LogP contribution >= 0.6 is 0 Å². The van der Waals surface area contributed by atoms with E-state index in [1.807, 2.05) is 45.0 Å². The highest BCUT2D eigenvalue weighted by Crippen LogP contribution is 2.41. The van der Waals surface area contributed by atoms with Crippen LogP contribution in [-0.2, 0) is 4.74 Å². The molecule has 0 N–H and O–H groups in total. The molecule has 1 atom stereocenters. The van der Waals surface area contributed by atoms with E-state index < -0.39 is 6.04 Å². The van der Waals surface area contributed by atoms with Crippen molar-refractivity contribution in [1.82, 2.24) is 4.90 Å². The van der Waals surface area contributed by atoms with Gasteiger partial charge in [0.15, 0.2) is 16.9 Å². The summed E-state index contributed by atoms with van der Waals surface area (Å²) in [5, 5.41) is 0.462. The third-order valence-electron chi connectivity index (χ3n) is 6.06. The summed E-state index contributed by atoms with van der Waals surface area (Å²) < 4.78 is 22.8. The Bertz CT molecular complexity index is 1310. The summed E-state index contributed by atoms with van der Waals surface area (Å²) in [7, 11) is 1.57. The van der Waals surface area contributed by atoms with Crippen LogP contribution in [0.2, 0.25) is 0 Å². The lowest BCUT2D eigenvalue weighted by Gasteiger charge is -2.25. The number of carbonyl (C=O) groups is 1. The van der Waals surface area contributed by atoms with E-state index in [1.165, 1.54) is 0 Å². The van der Waals surface area contributed by atoms with Gasteiger partial charge in [-0.05, 0) is 61.7 Å². The Morgan fingerprint density at radius 3 is 2.56 bits per heavy atom. The van der Waals surface area contributed by atoms with E-state index in [2.05, 4.69) is 6.58 Å². The molecule has 0 spiro atoms. The van der Waals surface area contributed by atoms with Gasteiger partial charge in [0, 0.05) is 13.7 Å². The predicted molar refractivity (Wildman–Crippen MR) is 130 cm³/mol. The van der Waals surface area contributed by atoms with Gasteiger partial charge < -0.3 is 23.5 Å². The van der Waals surface area contributed by atoms with Crippen molar-refractivity contribution in [2.24, 2.45) is 0 Å². The quantitative estimate of drug-likeness (QED) is 0.433. The van der Waals surface area contributed by atoms with Crippen molar-refractivity contribution >= 4 is 16.9 Å². The predicted octanol–water partition coefficient (Wildman–Crippen LogP) is 4.56. The monoisotopic (exact) mass is 463 g/mol. The maximum absolute atomic E-state index is 13.7. The summed E-state index contributed by atoms with van der Waals surface area (Å²) in [5.41, 5.74) is 3.25. The van der Waals surface area contributed by atoms with Gasteiger partial charge in [-0.25, -0.2) is 0 Å². The third-order valence-corrected chi connectivity index (χ3v) is 6.06. The van der Waals surface area contributed by atoms with Crippen LogP contribution < -0.4 is 14.9 Å². The average molecular weight is 464 g/mol. The van der Waals surface area contributed by atoms with Gasteiger partial charge in [-0.2, -0.15) is 0 Å². The normalized spacial score (nSPS) is 15.0. The van der Waals surface area contributed by atoms with E-state index in [1.54, 1.807) is 24.2 Å². The van der Waals surface area contributed by atoms with Crippen molar-refractivity contribution in [3.8, 4) is 11.5 Å². The number of nitrogens with zero attached hydrogens (tertiary/aromatic N) is 1. The molecule has 0 aliphatic carbocycles. The summed E-state index contributed by atoms with van der Waals surface area (Å²) in [6.45, 7) is 10.9. The second-order valence-electron chi connectivity index (χ2n) is 8.24. The molecule has 178 valence electrons. The fraction of sp³-hybridized carbons (Fsp3) is 0.333. The highest BCUT2D eigenvalue weighted by atomic mass is 16.5. The minimum Gasteiger partial charge on any atom is -0.490 e. The van der Waals surface area contributed by atoms with Crippen LogP contribution in [0.1, 0.15) is 45.8 Å². The van der Waals surface area contributed by atoms with Crippen molar-refractivity contribution in [2.45, 2.75) is 26.8 Å². The maximum atomic E-state index is 13.7. The second-order valence-corrected chi connectivity index (χ2v) is 8.24. The Kier molecular flexibility index (Phi) is 6.75. The molecular formula is C27H29NO6. The Hall–Kier alpha value is -3.58. The van der Waals surface area contributed by atoms with E-state index >= 15 is 0 Å². The number of benzene rings is 2. The molecule has 3 aromatic rings. The van der Waals surface area contributed by atoms with Gasteiger partial charge in [0.25, 0.3) is 5.91 Å². The molecule has 0 saturated heterocycles. The lowest BCUT2D eigenvalue weighted by molar-refractivity contribution is 0.0663. The second kappa shape index (κ2) is 9.73. The summed E-state index contributed by atoms with van der Waals surface area (Å²) in [5.74, 6) is 0.840. The van der Waals surface area contributed by atoms with Crippen LogP contribution in [0.15, 0.2) is 52.2 Å². The summed E-state index contributed by atoms with van der Waals surface area (Å²) >= 11 is 0. The van der Waals surface area contributed by atoms with E-state index in [4.69, 9.17) is 18.6 Å². The van der Waals surface area contributed by atoms with E-state index in [0.29, 0.717) is 54.4 Å². The molecule has 0 bridgehead atoms. The number of carbonyl (C=O) groups excluding carboxylic acids is 1. The molecule has 0 fully saturated rings. The Balaban J connectivity index is 1.92. The largest absolute Gasteiger partial charge is 0.490 e. The number of ether oxygens (including phenoxy) is 3. The number of hydrogen-bond donors (Lipinski definition) is 0. The molecular weight excluding hydrogens is 434 g/mol. The molecule has 4 rings (SSSR count). The van der Waals surface area contributed by atoms with E-state index in [-0.39, 0.29) is 17.1 Å². The lowest BCUT2D eigenvalue weighted by atomic mass is 9.97. The number of fused-ring (bicyclic) bond motifs is 2. The topological polar surface area (TPSA) is 78.2 Å². The number of rotatable bonds is 9. The Morgan fingerprint density at radius 1 is 1.09 bits per heavy atom. The van der Waals surface area contributed by atoms with Crippen molar-refractivity contribution in [3.63, 3.8) is 0 Å². The van der Waals surface area contributed by atoms with Crippen LogP contribution in [0.3, 0.4) is 0 Å². The fourth-order valence-electron chi connectivity index (χ4n) is 4.27. The highest BCUT2D eigenvalue weighted by Gasteiger charge is 2.42. The van der Waals surface area contributed by atoms with Gasteiger partial charge in [0.2, 0.25) is 5.76 Å². The van der Waals surface area contributed by atoms with Gasteiger partial charge >= 0.3 is 0 Å². The zero-order valence-electron chi connectivity index (χ0n) is 20.0. The minimum atomic E-state index is -0.632. The molecule has 7 heteroatoms. The third kappa shape index (κ3) is 4.07. The SMILES string of the molecule is C=CCOc1ccc(C2c3c(oc4cc(C)c(C)cc4c3=O)C(=O)N2CCOC)cc1OCC. The summed E-state index contributed by atoms with van der Waals surface area (Å²) in [6.07, 6.45) is 1.65. The fourth-order valence-corrected chi connectivity index (χ4v) is 4.27. The number of aryl methyl sites for hydroxylation is 2. The molecule has 34 heavy (non-hydrogen) atoms. The Labute approximate surface area is 198 Å². The minimum absolute atomic E-state index is 0.0757. The van der Waals surface area contributed by atoms with Crippen molar-refractivity contribution in [1.29, 1.82) is 0 Å². The first kappa shape index (κ1) is 23.6. The zero-order valence-corrected chi connectivity index (χ0v) is 20.0. The number of hydrogen-bond acceptors (Lipinski definition) is 6. The molecule has 1 aliphatic heterocycles. The number of amides is 1. The lowest BCUT2D eigenvalue weighted by Crippen LogP contribution is -2.32. The van der Waals surface area contributed by atoms with Crippen LogP contribution in [0.25, 0.3) is 11.0 Å². The molecule has 1 amide bonds. The highest BCUT2D eigenvalue weighted by molar-refractivity contribution is 5.99. The van der Waals surface area contributed by atoms with Crippen LogP contribution in [0.5, 0.6) is 11.5 Å². The molecule has 1 aliphatic rings. The average Bonchev–Trinajstić information content (AvgIpc) is 3.10. The van der Waals surface area contributed by atoms with Crippen molar-refractivity contribution in [2.75, 3.05) is 33.5 Å². The molecule has 0 saturated carbocycles. The molecule has 1 unspecified atom stereocenters. The first-order chi connectivity index (χ1) is 16.4. The van der Waals surface area contributed by atoms with Gasteiger partial charge in [0.05, 0.1) is 30.2 Å². The van der Waals surface area contributed by atoms with Gasteiger partial charge in [-0.15, -0.1) is 0 Å². The first-order valence-electron chi connectivity index (χ1n) is 11.3. The van der Waals surface area contributed by atoms with E-state index in [0.717, 1.165) is 16.7 Å². The van der Waals surface area contributed by atoms with Crippen molar-refractivity contribution < 1.29 is 23.4 Å². The standard InChI is InChI=1S/C27H29NO6/c1-6-11-33-20-9-8-18(15-22(20)32-7-2)24-23-25(29)19-13-16(3)17(4)14-21(19)34-26(23)27(30)28(24)10-12-31-5/h6,8-9,13-15,24H,1,7,10-12H2,2-5H3. The molecule has 2 aromatic carbocycles. The molecule has 2 heterocycles. The van der Waals surface area contributed by atoms with Crippen LogP contribution in [0.4, 0.5) is 0 Å². The summed E-state index contributed by atoms with van der Waals surface area (Å²) in [4.78, 5) is 28.8. The first-order valence-corrected chi connectivity index (χ1v) is 11.3. The van der Waals surface area contributed by atoms with Gasteiger partial charge in [0.1, 0.15) is 12.2 Å². The zero-order chi connectivity index (χ0) is 24.4. The van der Waals surface area contributed by atoms with E-state index in [9.17, 15) is 9.59 Å². The smallest absolute Gasteiger partial charge is 0.290 e. The Morgan fingerprint density at radius 2 is 1.85 bits per heavy atom. The van der Waals surface area contributed by atoms with Gasteiger partial charge in [-0.1, -0.05) is 18.7 Å². The van der Waals surface area contributed by atoms with Crippen molar-refractivity contribution in [3.05, 3.63) is 81.2 Å².